The average molecular weight is 673 g/mol. The van der Waals surface area contributed by atoms with Gasteiger partial charge in [0.05, 0.1) is 17.8 Å². The molecule has 0 radical (unpaired) electrons. The number of amides is 2. The molecule has 0 fully saturated rings. The molecule has 0 saturated heterocycles. The number of carbonyl (C=O) groups excluding carboxylic acids is 2. The number of hydrogen-bond acceptors (Lipinski definition) is 9. The molecule has 14 heteroatoms. The van der Waals surface area contributed by atoms with Crippen LogP contribution in [0, 0.1) is 13.8 Å². The fourth-order valence-electron chi connectivity index (χ4n) is 4.26. The Morgan fingerprint density at radius 2 is 1.36 bits per heavy atom. The van der Waals surface area contributed by atoms with E-state index in [1.54, 1.807) is 84.5 Å². The first kappa shape index (κ1) is 33.0. The van der Waals surface area contributed by atoms with Crippen molar-refractivity contribution in [2.75, 3.05) is 24.2 Å². The third-order valence-electron chi connectivity index (χ3n) is 6.76. The van der Waals surface area contributed by atoms with E-state index in [2.05, 4.69) is 25.8 Å². The van der Waals surface area contributed by atoms with Crippen molar-refractivity contribution in [3.8, 4) is 28.6 Å². The van der Waals surface area contributed by atoms with Crippen molar-refractivity contribution >= 4 is 39.3 Å². The molecular weight excluding hydrogens is 641 g/mol. The third kappa shape index (κ3) is 8.68. The quantitative estimate of drug-likeness (QED) is 0.127. The van der Waals surface area contributed by atoms with E-state index in [-0.39, 0.29) is 17.3 Å². The molecule has 5 aromatic rings. The number of aromatic nitrogens is 3. The van der Waals surface area contributed by atoms with Gasteiger partial charge in [0.2, 0.25) is 5.91 Å². The average Bonchev–Trinajstić information content (AvgIpc) is 3.50. The maximum absolute atomic E-state index is 12.9. The second-order valence-electron chi connectivity index (χ2n) is 10.3. The lowest BCUT2D eigenvalue weighted by Gasteiger charge is -2.12. The van der Waals surface area contributed by atoms with Crippen LogP contribution in [0.25, 0.3) is 17.1 Å². The van der Waals surface area contributed by atoms with Gasteiger partial charge in [-0.1, -0.05) is 47.2 Å². The van der Waals surface area contributed by atoms with Gasteiger partial charge in [0, 0.05) is 16.9 Å². The monoisotopic (exact) mass is 672 g/mol. The van der Waals surface area contributed by atoms with Gasteiger partial charge < -0.3 is 9.47 Å². The number of carbonyl (C=O) groups is 2. The summed E-state index contributed by atoms with van der Waals surface area (Å²) in [5.74, 6) is 0.607. The van der Waals surface area contributed by atoms with Crippen LogP contribution in [-0.4, -0.2) is 54.5 Å². The molecule has 0 spiro atoms. The molecule has 242 valence electrons. The number of aryl methyl sites for hydroxylation is 2. The molecular formula is C33H32N6O6S2. The zero-order valence-corrected chi connectivity index (χ0v) is 27.4. The highest BCUT2D eigenvalue weighted by Crippen LogP contribution is 2.30. The standard InChI is InChI=1S/C33H32N6O6S2/c1-22-4-14-28(15-5-22)45-20-30(40)34-35-31(41)21-46-33-37-36-32(39(33)26-12-16-27(44-3)17-13-26)24-8-10-25(11-9-24)38-47(42,43)29-18-6-23(2)7-19-29/h4-19,38H,20-21H2,1-3H3,(H,34,40)(H,35,41). The lowest BCUT2D eigenvalue weighted by molar-refractivity contribution is -0.128. The number of rotatable bonds is 12. The summed E-state index contributed by atoms with van der Waals surface area (Å²) in [6.07, 6.45) is 0. The van der Waals surface area contributed by atoms with Crippen LogP contribution < -0.4 is 25.0 Å². The highest BCUT2D eigenvalue weighted by Gasteiger charge is 2.19. The topological polar surface area (TPSA) is 154 Å². The number of hydrogen-bond donors (Lipinski definition) is 3. The molecule has 3 N–H and O–H groups in total. The Morgan fingerprint density at radius 3 is 2.00 bits per heavy atom. The van der Waals surface area contributed by atoms with Crippen molar-refractivity contribution in [3.63, 3.8) is 0 Å². The van der Waals surface area contributed by atoms with Crippen LogP contribution in [0.1, 0.15) is 11.1 Å². The zero-order valence-electron chi connectivity index (χ0n) is 25.8. The number of hydrazine groups is 1. The molecule has 1 aromatic heterocycles. The number of thioether (sulfide) groups is 1. The van der Waals surface area contributed by atoms with Gasteiger partial charge in [-0.05, 0) is 86.6 Å². The molecule has 12 nitrogen and oxygen atoms in total. The lowest BCUT2D eigenvalue weighted by atomic mass is 10.2. The summed E-state index contributed by atoms with van der Waals surface area (Å²) < 4.78 is 40.8. The van der Waals surface area contributed by atoms with Crippen LogP contribution in [0.15, 0.2) is 107 Å². The van der Waals surface area contributed by atoms with Crippen molar-refractivity contribution in [1.29, 1.82) is 0 Å². The Hall–Kier alpha value is -5.34. The highest BCUT2D eigenvalue weighted by atomic mass is 32.2. The van der Waals surface area contributed by atoms with Crippen LogP contribution in [0.5, 0.6) is 11.5 Å². The summed E-state index contributed by atoms with van der Waals surface area (Å²) in [6, 6.07) is 27.8. The van der Waals surface area contributed by atoms with Crippen LogP contribution in [-0.2, 0) is 19.6 Å². The Balaban J connectivity index is 1.27. The maximum Gasteiger partial charge on any atom is 0.276 e. The van der Waals surface area contributed by atoms with Crippen molar-refractivity contribution < 1.29 is 27.5 Å². The van der Waals surface area contributed by atoms with Gasteiger partial charge in [0.25, 0.3) is 15.9 Å². The second-order valence-corrected chi connectivity index (χ2v) is 12.9. The minimum Gasteiger partial charge on any atom is -0.497 e. The number of anilines is 1. The minimum absolute atomic E-state index is 0.0763. The molecule has 0 bridgehead atoms. The predicted molar refractivity (Wildman–Crippen MR) is 179 cm³/mol. The maximum atomic E-state index is 12.9. The van der Waals surface area contributed by atoms with Gasteiger partial charge >= 0.3 is 0 Å². The number of ether oxygens (including phenoxy) is 2. The summed E-state index contributed by atoms with van der Waals surface area (Å²) in [5.41, 5.74) is 8.49. The van der Waals surface area contributed by atoms with Gasteiger partial charge in [-0.25, -0.2) is 8.42 Å². The van der Waals surface area contributed by atoms with Crippen molar-refractivity contribution in [2.24, 2.45) is 0 Å². The predicted octanol–water partition coefficient (Wildman–Crippen LogP) is 4.68. The fourth-order valence-corrected chi connectivity index (χ4v) is 6.07. The molecule has 0 aliphatic heterocycles. The summed E-state index contributed by atoms with van der Waals surface area (Å²) in [7, 11) is -2.20. The Labute approximate surface area is 276 Å². The lowest BCUT2D eigenvalue weighted by Crippen LogP contribution is -2.44. The van der Waals surface area contributed by atoms with E-state index in [1.165, 1.54) is 0 Å². The van der Waals surface area contributed by atoms with Crippen molar-refractivity contribution in [1.82, 2.24) is 25.6 Å². The van der Waals surface area contributed by atoms with Gasteiger partial charge in [-0.2, -0.15) is 0 Å². The van der Waals surface area contributed by atoms with Crippen LogP contribution >= 0.6 is 11.8 Å². The van der Waals surface area contributed by atoms with Gasteiger partial charge in [0.1, 0.15) is 11.5 Å². The van der Waals surface area contributed by atoms with Crippen molar-refractivity contribution in [2.45, 2.75) is 23.9 Å². The van der Waals surface area contributed by atoms with Crippen LogP contribution in [0.4, 0.5) is 5.69 Å². The van der Waals surface area contributed by atoms with E-state index in [1.807, 2.05) is 38.1 Å². The van der Waals surface area contributed by atoms with E-state index >= 15 is 0 Å². The summed E-state index contributed by atoms with van der Waals surface area (Å²) in [5, 5.41) is 9.12. The normalized spacial score (nSPS) is 11.0. The molecule has 4 aromatic carbocycles. The Bertz CT molecular complexity index is 1950. The zero-order chi connectivity index (χ0) is 33.4. The number of nitrogens with one attached hydrogen (secondary N) is 3. The summed E-state index contributed by atoms with van der Waals surface area (Å²) in [6.45, 7) is 3.57. The first-order valence-corrected chi connectivity index (χ1v) is 16.8. The summed E-state index contributed by atoms with van der Waals surface area (Å²) >= 11 is 1.12. The molecule has 0 aliphatic carbocycles. The van der Waals surface area contributed by atoms with E-state index in [9.17, 15) is 18.0 Å². The number of nitrogens with zero attached hydrogens (tertiary/aromatic N) is 3. The molecule has 0 unspecified atom stereocenters. The molecule has 5 rings (SSSR count). The smallest absolute Gasteiger partial charge is 0.276 e. The first-order valence-electron chi connectivity index (χ1n) is 14.3. The molecule has 0 aliphatic rings. The van der Waals surface area contributed by atoms with Crippen LogP contribution in [0.3, 0.4) is 0 Å². The number of benzene rings is 4. The van der Waals surface area contributed by atoms with Gasteiger partial charge in [-0.15, -0.1) is 10.2 Å². The molecule has 1 heterocycles. The van der Waals surface area contributed by atoms with Gasteiger partial charge in [-0.3, -0.25) is 29.7 Å². The number of sulfonamides is 1. The Morgan fingerprint density at radius 1 is 0.766 bits per heavy atom. The minimum atomic E-state index is -3.77. The van der Waals surface area contributed by atoms with E-state index in [0.29, 0.717) is 39.4 Å². The SMILES string of the molecule is COc1ccc(-n2c(SCC(=O)NNC(=O)COc3ccc(C)cc3)nnc2-c2ccc(NS(=O)(=O)c3ccc(C)cc3)cc2)cc1. The Kier molecular flexibility index (Phi) is 10.4. The molecule has 0 saturated carbocycles. The van der Waals surface area contributed by atoms with E-state index < -0.39 is 21.8 Å². The van der Waals surface area contributed by atoms with Crippen LogP contribution in [0.2, 0.25) is 0 Å². The van der Waals surface area contributed by atoms with Crippen molar-refractivity contribution in [3.05, 3.63) is 108 Å². The highest BCUT2D eigenvalue weighted by molar-refractivity contribution is 7.99. The molecule has 47 heavy (non-hydrogen) atoms. The molecule has 2 amide bonds. The largest absolute Gasteiger partial charge is 0.497 e. The van der Waals surface area contributed by atoms with Gasteiger partial charge in [0.15, 0.2) is 17.6 Å². The summed E-state index contributed by atoms with van der Waals surface area (Å²) in [4.78, 5) is 24.9. The number of methoxy groups -OCH3 is 1. The van der Waals surface area contributed by atoms with E-state index in [4.69, 9.17) is 9.47 Å². The second kappa shape index (κ2) is 14.8. The third-order valence-corrected chi connectivity index (χ3v) is 9.08. The fraction of sp³-hybridized carbons (Fsp3) is 0.152. The first-order chi connectivity index (χ1) is 22.6. The molecule has 0 atom stereocenters. The van der Waals surface area contributed by atoms with E-state index in [0.717, 1.165) is 22.9 Å².